The van der Waals surface area contributed by atoms with E-state index in [4.69, 9.17) is 4.74 Å². The average molecular weight is 374 g/mol. The predicted molar refractivity (Wildman–Crippen MR) is 107 cm³/mol. The Balaban J connectivity index is 1.42. The first-order valence-electron chi connectivity index (χ1n) is 9.18. The smallest absolute Gasteiger partial charge is 0.410 e. The second-order valence-corrected chi connectivity index (χ2v) is 6.81. The molecule has 0 saturated carbocycles. The first-order chi connectivity index (χ1) is 13.7. The van der Waals surface area contributed by atoms with Crippen LogP contribution < -0.4 is 10.2 Å². The number of carbonyl (C=O) groups excluding carboxylic acids is 1. The monoisotopic (exact) mass is 374 g/mol. The number of nitrogens with one attached hydrogen (secondary N) is 1. The molecule has 6 heteroatoms. The van der Waals surface area contributed by atoms with Crippen molar-refractivity contribution in [2.45, 2.75) is 19.6 Å². The minimum absolute atomic E-state index is 0.363. The van der Waals surface area contributed by atoms with Crippen molar-refractivity contribution < 1.29 is 9.53 Å². The summed E-state index contributed by atoms with van der Waals surface area (Å²) in [6.07, 6.45) is 3.14. The quantitative estimate of drug-likeness (QED) is 0.730. The van der Waals surface area contributed by atoms with E-state index in [-0.39, 0.29) is 6.09 Å². The number of benzene rings is 2. The molecule has 0 saturated heterocycles. The molecular formula is C22H22N4O2. The zero-order valence-corrected chi connectivity index (χ0v) is 15.7. The molecular weight excluding hydrogens is 352 g/mol. The van der Waals surface area contributed by atoms with Crippen LogP contribution in [0.3, 0.4) is 0 Å². The van der Waals surface area contributed by atoms with Gasteiger partial charge in [0, 0.05) is 44.6 Å². The third-order valence-electron chi connectivity index (χ3n) is 4.68. The molecule has 3 aromatic rings. The van der Waals surface area contributed by atoms with E-state index in [2.05, 4.69) is 21.5 Å². The minimum atomic E-state index is -0.363. The Hall–Kier alpha value is -3.38. The molecule has 0 spiro atoms. The molecule has 0 aliphatic carbocycles. The molecule has 2 aromatic carbocycles. The van der Waals surface area contributed by atoms with E-state index in [0.717, 1.165) is 28.9 Å². The summed E-state index contributed by atoms with van der Waals surface area (Å²) in [5.41, 5.74) is 7.59. The normalized spacial score (nSPS) is 13.0. The number of hydrogen-bond donors (Lipinski definition) is 1. The lowest BCUT2D eigenvalue weighted by Gasteiger charge is -2.19. The van der Waals surface area contributed by atoms with Gasteiger partial charge in [-0.15, -0.1) is 0 Å². The van der Waals surface area contributed by atoms with Crippen molar-refractivity contribution >= 4 is 11.8 Å². The van der Waals surface area contributed by atoms with Crippen molar-refractivity contribution in [1.82, 2.24) is 14.9 Å². The van der Waals surface area contributed by atoms with Gasteiger partial charge in [-0.3, -0.25) is 4.98 Å². The summed E-state index contributed by atoms with van der Waals surface area (Å²) in [6, 6.07) is 19.5. The van der Waals surface area contributed by atoms with Gasteiger partial charge in [-0.05, 0) is 29.3 Å². The Morgan fingerprint density at radius 3 is 2.64 bits per heavy atom. The largest absolute Gasteiger partial charge is 0.415 e. The lowest BCUT2D eigenvalue weighted by Crippen LogP contribution is -2.29. The van der Waals surface area contributed by atoms with Gasteiger partial charge in [-0.1, -0.05) is 42.5 Å². The number of amides is 1. The number of nitrogens with zero attached hydrogens (tertiary/aromatic N) is 3. The van der Waals surface area contributed by atoms with Crippen LogP contribution in [0, 0.1) is 0 Å². The molecule has 1 amide bonds. The maximum Gasteiger partial charge on any atom is 0.415 e. The molecule has 0 unspecified atom stereocenters. The number of anilines is 1. The van der Waals surface area contributed by atoms with Crippen molar-refractivity contribution in [2.24, 2.45) is 0 Å². The molecule has 0 bridgehead atoms. The minimum Gasteiger partial charge on any atom is -0.410 e. The first-order valence-corrected chi connectivity index (χ1v) is 9.18. The van der Waals surface area contributed by atoms with Crippen molar-refractivity contribution in [2.75, 3.05) is 12.5 Å². The summed E-state index contributed by atoms with van der Waals surface area (Å²) < 4.78 is 5.71. The molecule has 142 valence electrons. The van der Waals surface area contributed by atoms with E-state index in [1.165, 1.54) is 0 Å². The lowest BCUT2D eigenvalue weighted by molar-refractivity contribution is 0.160. The second kappa shape index (κ2) is 8.10. The van der Waals surface area contributed by atoms with Crippen molar-refractivity contribution in [3.05, 3.63) is 89.7 Å². The maximum atomic E-state index is 12.6. The fourth-order valence-corrected chi connectivity index (χ4v) is 3.27. The van der Waals surface area contributed by atoms with Crippen molar-refractivity contribution in [3.63, 3.8) is 0 Å². The number of fused-ring (bicyclic) bond motifs is 1. The van der Waals surface area contributed by atoms with Crippen LogP contribution in [0.4, 0.5) is 10.5 Å². The molecule has 0 radical (unpaired) electrons. The molecule has 1 aliphatic rings. The predicted octanol–water partition coefficient (Wildman–Crippen LogP) is 4.06. The molecule has 4 rings (SSSR count). The number of pyridine rings is 1. The van der Waals surface area contributed by atoms with Gasteiger partial charge >= 0.3 is 6.09 Å². The third kappa shape index (κ3) is 4.13. The number of carbonyl (C=O) groups is 1. The van der Waals surface area contributed by atoms with E-state index < -0.39 is 0 Å². The Morgan fingerprint density at radius 2 is 1.86 bits per heavy atom. The van der Waals surface area contributed by atoms with Gasteiger partial charge in [0.2, 0.25) is 0 Å². The Bertz CT molecular complexity index is 947. The summed E-state index contributed by atoms with van der Waals surface area (Å²) in [7, 11) is 1.75. The highest BCUT2D eigenvalue weighted by Gasteiger charge is 2.24. The Morgan fingerprint density at radius 1 is 1.07 bits per heavy atom. The topological polar surface area (TPSA) is 57.7 Å². The van der Waals surface area contributed by atoms with Gasteiger partial charge in [-0.2, -0.15) is 0 Å². The van der Waals surface area contributed by atoms with Crippen LogP contribution in [0.25, 0.3) is 0 Å². The van der Waals surface area contributed by atoms with Crippen molar-refractivity contribution in [3.8, 4) is 5.75 Å². The van der Waals surface area contributed by atoms with Crippen LogP contribution in [0.15, 0.2) is 73.1 Å². The van der Waals surface area contributed by atoms with E-state index in [1.54, 1.807) is 24.3 Å². The fraction of sp³-hybridized carbons (Fsp3) is 0.182. The summed E-state index contributed by atoms with van der Waals surface area (Å²) in [6.45, 7) is 1.90. The highest BCUT2D eigenvalue weighted by molar-refractivity contribution is 5.71. The van der Waals surface area contributed by atoms with Gasteiger partial charge in [0.25, 0.3) is 0 Å². The van der Waals surface area contributed by atoms with Gasteiger partial charge in [-0.25, -0.2) is 9.80 Å². The Kier molecular flexibility index (Phi) is 5.21. The van der Waals surface area contributed by atoms with E-state index >= 15 is 0 Å². The van der Waals surface area contributed by atoms with E-state index in [9.17, 15) is 4.79 Å². The highest BCUT2D eigenvalue weighted by Crippen LogP contribution is 2.31. The molecule has 6 nitrogen and oxygen atoms in total. The number of rotatable bonds is 5. The van der Waals surface area contributed by atoms with Gasteiger partial charge in [0.15, 0.2) is 0 Å². The van der Waals surface area contributed by atoms with Crippen LogP contribution >= 0.6 is 0 Å². The summed E-state index contributed by atoms with van der Waals surface area (Å²) in [5.74, 6) is 0.612. The zero-order valence-electron chi connectivity index (χ0n) is 15.7. The van der Waals surface area contributed by atoms with Crippen LogP contribution in [0.5, 0.6) is 5.75 Å². The first kappa shape index (κ1) is 18.0. The van der Waals surface area contributed by atoms with Crippen molar-refractivity contribution in [1.29, 1.82) is 0 Å². The highest BCUT2D eigenvalue weighted by atomic mass is 16.6. The SMILES string of the molecule is CN(Cc1ccccc1)C(=O)Oc1cccc2c1CN(Nc1ccncc1)C2. The number of hydrogen-bond acceptors (Lipinski definition) is 5. The van der Waals surface area contributed by atoms with Gasteiger partial charge < -0.3 is 15.1 Å². The molecule has 0 fully saturated rings. The summed E-state index contributed by atoms with van der Waals surface area (Å²) in [5, 5.41) is 2.09. The maximum absolute atomic E-state index is 12.6. The molecule has 2 heterocycles. The van der Waals surface area contributed by atoms with Crippen LogP contribution in [-0.2, 0) is 19.6 Å². The summed E-state index contributed by atoms with van der Waals surface area (Å²) in [4.78, 5) is 18.2. The lowest BCUT2D eigenvalue weighted by atomic mass is 10.1. The summed E-state index contributed by atoms with van der Waals surface area (Å²) >= 11 is 0. The Labute approximate surface area is 164 Å². The van der Waals surface area contributed by atoms with Crippen LogP contribution in [0.2, 0.25) is 0 Å². The number of aromatic nitrogens is 1. The van der Waals surface area contributed by atoms with Gasteiger partial charge in [0.1, 0.15) is 5.75 Å². The second-order valence-electron chi connectivity index (χ2n) is 6.81. The zero-order chi connectivity index (χ0) is 19.3. The van der Waals surface area contributed by atoms with E-state index in [0.29, 0.717) is 18.8 Å². The number of ether oxygens (including phenoxy) is 1. The fourth-order valence-electron chi connectivity index (χ4n) is 3.27. The van der Waals surface area contributed by atoms with Gasteiger partial charge in [0.05, 0.1) is 5.69 Å². The molecule has 28 heavy (non-hydrogen) atoms. The molecule has 1 aliphatic heterocycles. The molecule has 0 atom stereocenters. The standard InChI is InChI=1S/C22H22N4O2/c1-25(14-17-6-3-2-4-7-17)22(27)28-21-9-5-8-18-15-26(16-20(18)21)24-19-10-12-23-13-11-19/h2-13H,14-16H2,1H3,(H,23,24). The van der Waals surface area contributed by atoms with Crippen LogP contribution in [-0.4, -0.2) is 28.0 Å². The average Bonchev–Trinajstić information content (AvgIpc) is 3.13. The van der Waals surface area contributed by atoms with E-state index in [1.807, 2.05) is 54.6 Å². The molecule has 1 aromatic heterocycles. The third-order valence-corrected chi connectivity index (χ3v) is 4.68. The molecule has 1 N–H and O–H groups in total. The van der Waals surface area contributed by atoms with Crippen LogP contribution in [0.1, 0.15) is 16.7 Å². The number of hydrazine groups is 1.